The van der Waals surface area contributed by atoms with E-state index < -0.39 is 23.9 Å². The predicted octanol–water partition coefficient (Wildman–Crippen LogP) is 3.48. The van der Waals surface area contributed by atoms with Crippen LogP contribution in [0, 0.1) is 41.7 Å². The van der Waals surface area contributed by atoms with Crippen molar-refractivity contribution in [2.45, 2.75) is 137 Å². The summed E-state index contributed by atoms with van der Waals surface area (Å²) in [7, 11) is 0. The fourth-order valence-corrected chi connectivity index (χ4v) is 2.39. The number of carbonyl (C=O) groups is 4. The minimum absolute atomic E-state index is 0. The van der Waals surface area contributed by atoms with Crippen molar-refractivity contribution in [1.29, 1.82) is 0 Å². The van der Waals surface area contributed by atoms with Crippen molar-refractivity contribution in [1.82, 2.24) is 0 Å². The molecule has 0 aliphatic carbocycles. The molecule has 0 spiro atoms. The maximum atomic E-state index is 10.7. The van der Waals surface area contributed by atoms with Gasteiger partial charge in [-0.1, -0.05) is 91.2 Å². The molecule has 0 aromatic rings. The molecule has 0 saturated carbocycles. The van der Waals surface area contributed by atoms with E-state index in [1.807, 2.05) is 0 Å². The van der Waals surface area contributed by atoms with Crippen molar-refractivity contribution < 1.29 is 86.4 Å². The molecular weight excluding hydrogens is 608 g/mol. The van der Waals surface area contributed by atoms with Gasteiger partial charge in [-0.05, 0) is 51.4 Å². The number of hydrogen-bond acceptors (Lipinski definition) is 9. The van der Waals surface area contributed by atoms with Crippen LogP contribution in [0.2, 0.25) is 0 Å². The van der Waals surface area contributed by atoms with Gasteiger partial charge >= 0.3 is 47.7 Å². The third-order valence-corrected chi connectivity index (χ3v) is 4.61. The Hall–Kier alpha value is -1.04. The molecule has 0 atom stereocenters. The van der Waals surface area contributed by atoms with Crippen molar-refractivity contribution in [3.63, 3.8) is 0 Å². The number of rotatable bonds is 18. The van der Waals surface area contributed by atoms with E-state index in [9.17, 15) is 34.5 Å². The molecule has 0 saturated heterocycles. The molecule has 0 aliphatic heterocycles. The summed E-state index contributed by atoms with van der Waals surface area (Å²) < 4.78 is 0. The van der Waals surface area contributed by atoms with Gasteiger partial charge in [-0.2, -0.15) is 5.26 Å². The van der Waals surface area contributed by atoms with E-state index in [4.69, 9.17) is 5.26 Å². The van der Waals surface area contributed by atoms with Gasteiger partial charge < -0.3 is 34.6 Å². The van der Waals surface area contributed by atoms with Gasteiger partial charge in [0.15, 0.2) is 0 Å². The summed E-state index contributed by atoms with van der Waals surface area (Å²) in [6.07, 6.45) is 21.4. The van der Waals surface area contributed by atoms with Crippen LogP contribution in [0.5, 0.6) is 0 Å². The predicted molar refractivity (Wildman–Crippen MR) is 134 cm³/mol. The Balaban J connectivity index is -0.000000173. The summed E-state index contributed by atoms with van der Waals surface area (Å²) in [4.78, 5) is 42.1. The van der Waals surface area contributed by atoms with Crippen LogP contribution < -0.4 is 15.3 Å². The number of unbranched alkanes of at least 4 members (excludes halogenated alkanes) is 11. The molecule has 10 heteroatoms. The minimum atomic E-state index is -0.995. The van der Waals surface area contributed by atoms with Gasteiger partial charge in [0, 0.05) is 24.3 Å². The maximum absolute atomic E-state index is 10.7. The number of aliphatic carboxylic acids is 3. The summed E-state index contributed by atoms with van der Waals surface area (Å²) in [5, 5.41) is 35.9. The molecule has 0 rings (SSSR count). The third kappa shape index (κ3) is 66.2. The van der Waals surface area contributed by atoms with Gasteiger partial charge in [0.05, 0.1) is 0 Å². The largest absolute Gasteiger partial charge is 3.00 e. The van der Waals surface area contributed by atoms with Crippen LogP contribution in [0.25, 0.3) is 0 Å². The zero-order chi connectivity index (χ0) is 28.5. The van der Waals surface area contributed by atoms with E-state index in [-0.39, 0.29) is 61.0 Å². The SMILES string of the molecule is CCC(=O)[O-].CCC(=O)[O-].CCC(=O)[O-].CCCCCCCCC=CCCCCCCCC(=O)OO.[Ce+3]. The molecule has 1 N–H and O–H groups in total. The van der Waals surface area contributed by atoms with Crippen LogP contribution >= 0.6 is 0 Å². The van der Waals surface area contributed by atoms with Gasteiger partial charge in [0.2, 0.25) is 0 Å². The number of hydrogen-bond donors (Lipinski definition) is 1. The standard InChI is InChI=1S/C18H34O3.3C3H6O2.Ce/c1-2-3-4-5-6-7-8-9-10-11-12-13-14-15-16-17-18(19)21-20;3*1-2-3(4)5;/h9-10,20H,2-8,11-17H2,1H3;3*2H2,1H3,(H,4,5);/q;;;;+3/p-3. The zero-order valence-corrected chi connectivity index (χ0v) is 26.5. The first-order valence-corrected chi connectivity index (χ1v) is 13.2. The number of carboxylic acid groups (broad SMARTS) is 3. The molecule has 0 fully saturated rings. The Labute approximate surface area is 257 Å². The summed E-state index contributed by atoms with van der Waals surface area (Å²) in [5.41, 5.74) is 0. The number of allylic oxidation sites excluding steroid dienone is 2. The molecule has 0 unspecified atom stereocenters. The molecule has 0 aromatic heterocycles. The average molecular weight is 658 g/mol. The second-order valence-electron chi connectivity index (χ2n) is 7.97. The molecular formula is C27H49CeO9. The Kier molecular flexibility index (Phi) is 52.1. The molecule has 37 heavy (non-hydrogen) atoms. The van der Waals surface area contributed by atoms with Crippen LogP contribution in [0.3, 0.4) is 0 Å². The van der Waals surface area contributed by atoms with E-state index >= 15 is 0 Å². The molecule has 0 aliphatic rings. The van der Waals surface area contributed by atoms with Gasteiger partial charge in [0.25, 0.3) is 0 Å². The van der Waals surface area contributed by atoms with Crippen LogP contribution in [-0.4, -0.2) is 29.1 Å². The Morgan fingerprint density at radius 2 is 0.892 bits per heavy atom. The Morgan fingerprint density at radius 3 is 1.19 bits per heavy atom. The molecule has 0 bridgehead atoms. The normalized spacial score (nSPS) is 9.32. The smallest absolute Gasteiger partial charge is 0.550 e. The number of carboxylic acids is 3. The van der Waals surface area contributed by atoms with E-state index in [2.05, 4.69) is 24.0 Å². The van der Waals surface area contributed by atoms with Crippen molar-refractivity contribution in [3.8, 4) is 0 Å². The molecule has 215 valence electrons. The maximum Gasteiger partial charge on any atom is 3.00 e. The van der Waals surface area contributed by atoms with Crippen molar-refractivity contribution in [2.24, 2.45) is 0 Å². The Bertz CT molecular complexity index is 505. The quantitative estimate of drug-likeness (QED) is 0.100. The van der Waals surface area contributed by atoms with E-state index in [0.29, 0.717) is 6.42 Å². The summed E-state index contributed by atoms with van der Waals surface area (Å²) in [5.74, 6) is -3.51. The zero-order valence-electron chi connectivity index (χ0n) is 23.4. The fourth-order valence-electron chi connectivity index (χ4n) is 2.39. The first-order valence-electron chi connectivity index (χ1n) is 13.2. The second-order valence-corrected chi connectivity index (χ2v) is 7.97. The number of carbonyl (C=O) groups excluding carboxylic acids is 4. The van der Waals surface area contributed by atoms with Crippen LogP contribution in [-0.2, 0) is 24.1 Å². The van der Waals surface area contributed by atoms with Gasteiger partial charge in [-0.3, -0.25) is 0 Å². The molecule has 9 nitrogen and oxygen atoms in total. The van der Waals surface area contributed by atoms with Gasteiger partial charge in [-0.25, -0.2) is 4.79 Å². The molecule has 0 aromatic carbocycles. The minimum Gasteiger partial charge on any atom is -0.550 e. The third-order valence-electron chi connectivity index (χ3n) is 4.61. The van der Waals surface area contributed by atoms with Gasteiger partial charge in [-0.15, -0.1) is 0 Å². The van der Waals surface area contributed by atoms with Crippen molar-refractivity contribution >= 4 is 23.9 Å². The average Bonchev–Trinajstić information content (AvgIpc) is 2.87. The summed E-state index contributed by atoms with van der Waals surface area (Å²) in [6, 6.07) is 0. The van der Waals surface area contributed by atoms with E-state index in [1.54, 1.807) is 0 Å². The van der Waals surface area contributed by atoms with Crippen LogP contribution in [0.15, 0.2) is 12.2 Å². The van der Waals surface area contributed by atoms with Gasteiger partial charge in [0.1, 0.15) is 0 Å². The first kappa shape index (κ1) is 45.8. The van der Waals surface area contributed by atoms with Crippen LogP contribution in [0.4, 0.5) is 0 Å². The summed E-state index contributed by atoms with van der Waals surface area (Å²) in [6.45, 7) is 6.87. The topological polar surface area (TPSA) is 167 Å². The molecule has 0 amide bonds. The summed E-state index contributed by atoms with van der Waals surface area (Å²) >= 11 is 0. The van der Waals surface area contributed by atoms with Crippen molar-refractivity contribution in [3.05, 3.63) is 12.2 Å². The second kappa shape index (κ2) is 42.1. The van der Waals surface area contributed by atoms with Crippen molar-refractivity contribution in [2.75, 3.05) is 0 Å². The molecule has 0 heterocycles. The molecule has 1 radical (unpaired) electrons. The fraction of sp³-hybridized carbons (Fsp3) is 0.778. The monoisotopic (exact) mass is 657 g/mol. The van der Waals surface area contributed by atoms with Crippen LogP contribution in [0.1, 0.15) is 137 Å². The van der Waals surface area contributed by atoms with E-state index in [0.717, 1.165) is 19.3 Å². The Morgan fingerprint density at radius 1 is 0.595 bits per heavy atom. The first-order chi connectivity index (χ1) is 17.1. The van der Waals surface area contributed by atoms with E-state index in [1.165, 1.54) is 85.0 Å².